The number of halogens is 1. The van der Waals surface area contributed by atoms with Gasteiger partial charge in [-0.1, -0.05) is 22.4 Å². The largest absolute Gasteiger partial charge is 0.362 e. The number of piperidine rings is 2. The van der Waals surface area contributed by atoms with Crippen molar-refractivity contribution < 1.29 is 13.2 Å². The quantitative estimate of drug-likeness (QED) is 0.572. The Hall–Kier alpha value is -0.510. The van der Waals surface area contributed by atoms with Crippen LogP contribution >= 0.6 is 15.9 Å². The van der Waals surface area contributed by atoms with Gasteiger partial charge in [0.25, 0.3) is 0 Å². The van der Waals surface area contributed by atoms with Gasteiger partial charge in [0.05, 0.1) is 11.5 Å². The molecule has 0 aliphatic carbocycles. The maximum Gasteiger partial charge on any atom is 0.243 e. The van der Waals surface area contributed by atoms with Crippen LogP contribution in [0.5, 0.6) is 0 Å². The Morgan fingerprint density at radius 1 is 1.03 bits per heavy atom. The summed E-state index contributed by atoms with van der Waals surface area (Å²) in [5.74, 6) is 0.695. The van der Waals surface area contributed by atoms with Crippen LogP contribution in [-0.4, -0.2) is 69.2 Å². The summed E-state index contributed by atoms with van der Waals surface area (Å²) in [6, 6.07) is 6.85. The van der Waals surface area contributed by atoms with Gasteiger partial charge in [0.2, 0.25) is 10.0 Å². The predicted molar refractivity (Wildman–Crippen MR) is 126 cm³/mol. The van der Waals surface area contributed by atoms with Gasteiger partial charge in [-0.25, -0.2) is 8.42 Å². The maximum atomic E-state index is 13.3. The highest BCUT2D eigenvalue weighted by Gasteiger charge is 2.34. The summed E-state index contributed by atoms with van der Waals surface area (Å²) in [6.07, 6.45) is 9.04. The third-order valence-electron chi connectivity index (χ3n) is 7.01. The van der Waals surface area contributed by atoms with Crippen LogP contribution in [0.25, 0.3) is 0 Å². The van der Waals surface area contributed by atoms with Crippen LogP contribution in [0.2, 0.25) is 0 Å². The first-order valence-electron chi connectivity index (χ1n) is 11.9. The van der Waals surface area contributed by atoms with Crippen molar-refractivity contribution in [2.75, 3.05) is 39.3 Å². The summed E-state index contributed by atoms with van der Waals surface area (Å²) in [6.45, 7) is 5.75. The molecule has 3 aliphatic rings. The fraction of sp³-hybridized carbons (Fsp3) is 0.739. The standard InChI is InChI=1S/C23H36BrN3O3S/c24-20-6-8-22(9-7-20)31(28,29)27-15-2-1-5-21(27)18-30-23-17-19(10-12-25-23)11-16-26-13-3-4-14-26/h6-9,19,21,23,25H,1-5,10-18H2. The Bertz CT molecular complexity index is 799. The summed E-state index contributed by atoms with van der Waals surface area (Å²) >= 11 is 3.39. The molecule has 0 saturated carbocycles. The molecule has 3 atom stereocenters. The summed E-state index contributed by atoms with van der Waals surface area (Å²) in [7, 11) is -3.50. The Labute approximate surface area is 195 Å². The average Bonchev–Trinajstić information content (AvgIpc) is 3.31. The van der Waals surface area contributed by atoms with Crippen molar-refractivity contribution in [3.8, 4) is 0 Å². The van der Waals surface area contributed by atoms with Crippen molar-refractivity contribution in [1.29, 1.82) is 0 Å². The van der Waals surface area contributed by atoms with Crippen molar-refractivity contribution in [3.05, 3.63) is 28.7 Å². The Kier molecular flexibility index (Phi) is 8.45. The van der Waals surface area contributed by atoms with Crippen molar-refractivity contribution in [3.63, 3.8) is 0 Å². The molecule has 0 radical (unpaired) electrons. The van der Waals surface area contributed by atoms with Crippen LogP contribution in [0.1, 0.15) is 51.4 Å². The molecule has 6 nitrogen and oxygen atoms in total. The first-order chi connectivity index (χ1) is 15.0. The van der Waals surface area contributed by atoms with E-state index in [4.69, 9.17) is 4.74 Å². The lowest BCUT2D eigenvalue weighted by molar-refractivity contribution is -0.0274. The highest BCUT2D eigenvalue weighted by atomic mass is 79.9. The van der Waals surface area contributed by atoms with Gasteiger partial charge in [0.1, 0.15) is 6.23 Å². The fourth-order valence-electron chi connectivity index (χ4n) is 5.14. The number of nitrogens with zero attached hydrogens (tertiary/aromatic N) is 2. The SMILES string of the molecule is O=S(=O)(c1ccc(Br)cc1)N1CCCCC1COC1CC(CCN2CCCC2)CCN1. The van der Waals surface area contributed by atoms with Gasteiger partial charge in [-0.2, -0.15) is 4.31 Å². The molecule has 3 heterocycles. The van der Waals surface area contributed by atoms with Gasteiger partial charge in [-0.15, -0.1) is 0 Å². The molecule has 174 valence electrons. The maximum absolute atomic E-state index is 13.3. The van der Waals surface area contributed by atoms with Crippen molar-refractivity contribution in [1.82, 2.24) is 14.5 Å². The van der Waals surface area contributed by atoms with Crippen LogP contribution < -0.4 is 5.32 Å². The van der Waals surface area contributed by atoms with E-state index in [0.29, 0.717) is 24.0 Å². The second kappa shape index (κ2) is 11.1. The number of hydrogen-bond donors (Lipinski definition) is 1. The van der Waals surface area contributed by atoms with Crippen molar-refractivity contribution in [2.45, 2.75) is 68.5 Å². The van der Waals surface area contributed by atoms with Gasteiger partial charge < -0.3 is 9.64 Å². The highest BCUT2D eigenvalue weighted by Crippen LogP contribution is 2.28. The minimum atomic E-state index is -3.50. The predicted octanol–water partition coefficient (Wildman–Crippen LogP) is 3.82. The smallest absolute Gasteiger partial charge is 0.243 e. The third-order valence-corrected chi connectivity index (χ3v) is 9.50. The lowest BCUT2D eigenvalue weighted by Crippen LogP contribution is -2.48. The molecule has 3 unspecified atom stereocenters. The molecule has 8 heteroatoms. The monoisotopic (exact) mass is 513 g/mol. The Morgan fingerprint density at radius 2 is 1.77 bits per heavy atom. The van der Waals surface area contributed by atoms with Crippen molar-refractivity contribution in [2.24, 2.45) is 5.92 Å². The molecule has 0 spiro atoms. The summed E-state index contributed by atoms with van der Waals surface area (Å²) in [5, 5.41) is 3.50. The highest BCUT2D eigenvalue weighted by molar-refractivity contribution is 9.10. The number of sulfonamides is 1. The van der Waals surface area contributed by atoms with Crippen LogP contribution in [0.3, 0.4) is 0 Å². The zero-order valence-electron chi connectivity index (χ0n) is 18.3. The molecule has 0 amide bonds. The second-order valence-corrected chi connectivity index (χ2v) is 12.0. The van der Waals surface area contributed by atoms with E-state index in [0.717, 1.165) is 36.7 Å². The summed E-state index contributed by atoms with van der Waals surface area (Å²) in [4.78, 5) is 2.95. The van der Waals surface area contributed by atoms with E-state index in [-0.39, 0.29) is 12.3 Å². The molecule has 1 N–H and O–H groups in total. The first-order valence-corrected chi connectivity index (χ1v) is 14.1. The number of hydrogen-bond acceptors (Lipinski definition) is 5. The Balaban J connectivity index is 1.31. The van der Waals surface area contributed by atoms with Crippen LogP contribution in [-0.2, 0) is 14.8 Å². The zero-order valence-corrected chi connectivity index (χ0v) is 20.7. The molecule has 31 heavy (non-hydrogen) atoms. The summed E-state index contributed by atoms with van der Waals surface area (Å²) in [5.41, 5.74) is 0. The second-order valence-electron chi connectivity index (χ2n) is 9.22. The number of benzene rings is 1. The van der Waals surface area contributed by atoms with E-state index in [1.807, 2.05) is 0 Å². The van der Waals surface area contributed by atoms with E-state index in [1.54, 1.807) is 28.6 Å². The molecular weight excluding hydrogens is 478 g/mol. The molecule has 3 aliphatic heterocycles. The third kappa shape index (κ3) is 6.30. The molecule has 3 saturated heterocycles. The molecule has 1 aromatic rings. The molecule has 1 aromatic carbocycles. The van der Waals surface area contributed by atoms with Crippen LogP contribution in [0.4, 0.5) is 0 Å². The Morgan fingerprint density at radius 3 is 2.55 bits per heavy atom. The van der Waals surface area contributed by atoms with E-state index in [2.05, 4.69) is 26.1 Å². The fourth-order valence-corrected chi connectivity index (χ4v) is 7.08. The van der Waals surface area contributed by atoms with Gasteiger partial charge in [0.15, 0.2) is 0 Å². The lowest BCUT2D eigenvalue weighted by Gasteiger charge is -2.37. The van der Waals surface area contributed by atoms with E-state index < -0.39 is 10.0 Å². The van der Waals surface area contributed by atoms with Crippen LogP contribution in [0, 0.1) is 5.92 Å². The minimum Gasteiger partial charge on any atom is -0.362 e. The van der Waals surface area contributed by atoms with Gasteiger partial charge in [0, 0.05) is 17.1 Å². The lowest BCUT2D eigenvalue weighted by atomic mass is 9.93. The van der Waals surface area contributed by atoms with Gasteiger partial charge in [-0.05, 0) is 101 Å². The molecular formula is C23H36BrN3O3S. The molecule has 0 aromatic heterocycles. The topological polar surface area (TPSA) is 61.9 Å². The number of rotatable bonds is 8. The molecule has 4 rings (SSSR count). The van der Waals surface area contributed by atoms with Gasteiger partial charge >= 0.3 is 0 Å². The minimum absolute atomic E-state index is 0.0384. The first kappa shape index (κ1) is 23.6. The number of ether oxygens (including phenoxy) is 1. The number of likely N-dealkylation sites (tertiary alicyclic amines) is 1. The van der Waals surface area contributed by atoms with E-state index in [9.17, 15) is 8.42 Å². The zero-order chi connectivity index (χ0) is 21.7. The normalized spacial score (nSPS) is 28.7. The molecule has 0 bridgehead atoms. The van der Waals surface area contributed by atoms with Crippen LogP contribution in [0.15, 0.2) is 33.6 Å². The molecule has 3 fully saturated rings. The summed E-state index contributed by atoms with van der Waals surface area (Å²) < 4.78 is 35.3. The number of nitrogens with one attached hydrogen (secondary N) is 1. The van der Waals surface area contributed by atoms with Gasteiger partial charge in [-0.3, -0.25) is 5.32 Å². The van der Waals surface area contributed by atoms with E-state index >= 15 is 0 Å². The van der Waals surface area contributed by atoms with Crippen molar-refractivity contribution >= 4 is 26.0 Å². The average molecular weight is 515 g/mol. The van der Waals surface area contributed by atoms with E-state index in [1.165, 1.54) is 45.3 Å².